The van der Waals surface area contributed by atoms with E-state index in [9.17, 15) is 39.2 Å². The summed E-state index contributed by atoms with van der Waals surface area (Å²) < 4.78 is 32.7. The number of esters is 2. The topological polar surface area (TPSA) is 206 Å². The monoisotopic (exact) mass is 869 g/mol. The van der Waals surface area contributed by atoms with Gasteiger partial charge in [-0.05, 0) is 64.2 Å². The predicted molar refractivity (Wildman–Crippen MR) is 234 cm³/mol. The highest BCUT2D eigenvalue weighted by atomic mass is 31.2. The zero-order valence-electron chi connectivity index (χ0n) is 36.4. The minimum absolute atomic E-state index is 0.0285. The lowest BCUT2D eigenvalue weighted by Gasteiger charge is -2.20. The van der Waals surface area contributed by atoms with E-state index in [1.165, 1.54) is 0 Å². The van der Waals surface area contributed by atoms with Crippen LogP contribution in [-0.2, 0) is 37.5 Å². The van der Waals surface area contributed by atoms with Crippen LogP contribution in [0.2, 0.25) is 0 Å². The summed E-state index contributed by atoms with van der Waals surface area (Å²) >= 11 is 0. The first-order valence-corrected chi connectivity index (χ1v) is 23.8. The van der Waals surface area contributed by atoms with Gasteiger partial charge in [-0.15, -0.1) is 0 Å². The van der Waals surface area contributed by atoms with Crippen LogP contribution in [0.1, 0.15) is 149 Å². The molecule has 0 aromatic heterocycles. The summed E-state index contributed by atoms with van der Waals surface area (Å²) in [7, 11) is -4.69. The minimum Gasteiger partial charge on any atom is -0.462 e. The van der Waals surface area contributed by atoms with Gasteiger partial charge >= 0.3 is 19.8 Å². The first-order valence-electron chi connectivity index (χ1n) is 22.3. The summed E-state index contributed by atoms with van der Waals surface area (Å²) in [6, 6.07) is 0. The summed E-state index contributed by atoms with van der Waals surface area (Å²) in [6.07, 6.45) is 32.3. The van der Waals surface area contributed by atoms with Crippen molar-refractivity contribution < 1.29 is 62.8 Å². The second kappa shape index (κ2) is 35.8. The highest BCUT2D eigenvalue weighted by molar-refractivity contribution is 7.47. The van der Waals surface area contributed by atoms with Gasteiger partial charge in [0.2, 0.25) is 0 Å². The molecular formula is C46H77O13P. The fourth-order valence-electron chi connectivity index (χ4n) is 6.58. The molecule has 13 nitrogen and oxygen atoms in total. The van der Waals surface area contributed by atoms with Gasteiger partial charge in [-0.2, -0.15) is 0 Å². The fourth-order valence-corrected chi connectivity index (χ4v) is 7.37. The Bertz CT molecular complexity index is 1340. The average Bonchev–Trinajstić information content (AvgIpc) is 3.49. The van der Waals surface area contributed by atoms with Crippen molar-refractivity contribution in [2.24, 2.45) is 11.8 Å². The van der Waals surface area contributed by atoms with Crippen molar-refractivity contribution in [2.75, 3.05) is 26.4 Å². The molecule has 0 aromatic rings. The van der Waals surface area contributed by atoms with Crippen molar-refractivity contribution >= 4 is 25.5 Å². The Morgan fingerprint density at radius 3 is 2.02 bits per heavy atom. The summed E-state index contributed by atoms with van der Waals surface area (Å²) in [6.45, 7) is 1.85. The maximum absolute atomic E-state index is 12.7. The van der Waals surface area contributed by atoms with Gasteiger partial charge in [-0.3, -0.25) is 23.4 Å². The Labute approximate surface area is 359 Å². The predicted octanol–water partition coefficient (Wildman–Crippen LogP) is 8.48. The molecule has 1 aliphatic carbocycles. The number of carbonyl (C=O) groups excluding carboxylic acids is 3. The van der Waals surface area contributed by atoms with Crippen LogP contribution in [0.4, 0.5) is 0 Å². The smallest absolute Gasteiger partial charge is 0.462 e. The number of aliphatic hydroxyl groups is 4. The molecule has 5 N–H and O–H groups in total. The fraction of sp³-hybridized carbons (Fsp3) is 0.717. The van der Waals surface area contributed by atoms with Crippen molar-refractivity contribution in [1.29, 1.82) is 0 Å². The lowest BCUT2D eigenvalue weighted by atomic mass is 9.88. The zero-order valence-corrected chi connectivity index (χ0v) is 37.3. The van der Waals surface area contributed by atoms with Gasteiger partial charge < -0.3 is 34.8 Å². The number of phosphoric acid groups is 1. The van der Waals surface area contributed by atoms with Crippen LogP contribution in [0.5, 0.6) is 0 Å². The molecule has 0 bridgehead atoms. The third-order valence-corrected chi connectivity index (χ3v) is 11.0. The second-order valence-electron chi connectivity index (χ2n) is 15.5. The van der Waals surface area contributed by atoms with Crippen LogP contribution < -0.4 is 0 Å². The standard InChI is InChI=1S/C46H77O13P/c1-3-5-7-8-9-10-11-12-13-14-15-16-17-18-19-20-26-30-46(53)59-40(37-58-60(54,55)57-35-39(49)34-47)36-56-45(52)29-25-22-21-24-28-41-42(44(51)33-43(41)50)32-31-38(48)27-23-6-4-2/h5,7,9-10,12-13,15-16,31-32,38-42,44,47-49,51H,3-4,6,8,11,14,17-30,33-37H2,1-2H3,(H,54,55)/b7-5-,10-9-,13-12-,16-15-,32-31+/t38-,39-,40+,41+,42+,44+/m0/s1. The van der Waals surface area contributed by atoms with Gasteiger partial charge in [0.1, 0.15) is 18.5 Å². The number of Topliss-reactive ketones (excluding diaryl/α,β-unsaturated/α-hetero) is 1. The van der Waals surface area contributed by atoms with E-state index in [0.29, 0.717) is 32.1 Å². The van der Waals surface area contributed by atoms with Crippen LogP contribution in [-0.4, -0.2) is 93.9 Å². The molecular weight excluding hydrogens is 791 g/mol. The molecule has 1 unspecified atom stereocenters. The van der Waals surface area contributed by atoms with E-state index in [1.807, 2.05) is 0 Å². The molecule has 1 rings (SSSR count). The lowest BCUT2D eigenvalue weighted by Crippen LogP contribution is -2.29. The molecule has 0 radical (unpaired) electrons. The number of aliphatic hydroxyl groups excluding tert-OH is 4. The molecule has 1 aliphatic rings. The molecule has 0 aliphatic heterocycles. The Morgan fingerprint density at radius 1 is 0.767 bits per heavy atom. The number of hydrogen-bond donors (Lipinski definition) is 5. The van der Waals surface area contributed by atoms with Crippen molar-refractivity contribution in [2.45, 2.75) is 173 Å². The van der Waals surface area contributed by atoms with Crippen molar-refractivity contribution in [1.82, 2.24) is 0 Å². The van der Waals surface area contributed by atoms with E-state index in [-0.39, 0.29) is 36.9 Å². The molecule has 60 heavy (non-hydrogen) atoms. The number of ketones is 1. The molecule has 0 spiro atoms. The normalized spacial score (nSPS) is 19.9. The minimum atomic E-state index is -4.69. The maximum Gasteiger partial charge on any atom is 0.472 e. The summed E-state index contributed by atoms with van der Waals surface area (Å²) in [5.41, 5.74) is 0. The molecule has 0 heterocycles. The molecule has 0 aromatic carbocycles. The Kier molecular flexibility index (Phi) is 33.0. The van der Waals surface area contributed by atoms with E-state index in [4.69, 9.17) is 19.1 Å². The van der Waals surface area contributed by atoms with Crippen LogP contribution in [0.25, 0.3) is 0 Å². The SMILES string of the molecule is CC/C=C\C/C=C\C/C=C\C/C=C\CCCCCCC(=O)O[C@H](COC(=O)CCCCCC[C@H]1C(=O)C[C@@H](O)[C@@H]1/C=C/[C@@H](O)CCCCC)COP(=O)(O)OC[C@@H](O)CO. The van der Waals surface area contributed by atoms with Gasteiger partial charge in [0, 0.05) is 31.1 Å². The first kappa shape index (κ1) is 55.3. The molecule has 344 valence electrons. The van der Waals surface area contributed by atoms with E-state index < -0.39 is 70.6 Å². The van der Waals surface area contributed by atoms with E-state index in [2.05, 4.69) is 67.0 Å². The zero-order chi connectivity index (χ0) is 44.3. The maximum atomic E-state index is 12.7. The largest absolute Gasteiger partial charge is 0.472 e. The van der Waals surface area contributed by atoms with Gasteiger partial charge in [-0.1, -0.05) is 126 Å². The van der Waals surface area contributed by atoms with Crippen molar-refractivity contribution in [3.8, 4) is 0 Å². The summed E-state index contributed by atoms with van der Waals surface area (Å²) in [5.74, 6) is -1.70. The second-order valence-corrected chi connectivity index (χ2v) is 16.9. The van der Waals surface area contributed by atoms with Gasteiger partial charge in [-0.25, -0.2) is 4.57 Å². The summed E-state index contributed by atoms with van der Waals surface area (Å²) in [5, 5.41) is 39.1. The number of unbranched alkanes of at least 4 members (excludes halogenated alkanes) is 9. The third kappa shape index (κ3) is 29.5. The van der Waals surface area contributed by atoms with E-state index in [1.54, 1.807) is 12.2 Å². The van der Waals surface area contributed by atoms with Crippen molar-refractivity contribution in [3.63, 3.8) is 0 Å². The highest BCUT2D eigenvalue weighted by Crippen LogP contribution is 2.43. The van der Waals surface area contributed by atoms with E-state index in [0.717, 1.165) is 83.5 Å². The van der Waals surface area contributed by atoms with Gasteiger partial charge in [0.15, 0.2) is 6.10 Å². The number of ether oxygens (including phenoxy) is 2. The number of allylic oxidation sites excluding steroid dienone is 8. The number of hydrogen-bond acceptors (Lipinski definition) is 12. The van der Waals surface area contributed by atoms with Crippen molar-refractivity contribution in [3.05, 3.63) is 60.8 Å². The van der Waals surface area contributed by atoms with Gasteiger partial charge in [0.05, 0.1) is 32.0 Å². The third-order valence-electron chi connectivity index (χ3n) is 10.1. The van der Waals surface area contributed by atoms with Crippen LogP contribution in [0, 0.1) is 11.8 Å². The Morgan fingerprint density at radius 2 is 1.37 bits per heavy atom. The molecule has 14 heteroatoms. The molecule has 7 atom stereocenters. The summed E-state index contributed by atoms with van der Waals surface area (Å²) in [4.78, 5) is 47.8. The van der Waals surface area contributed by atoms with Crippen LogP contribution >= 0.6 is 7.82 Å². The van der Waals surface area contributed by atoms with Crippen LogP contribution in [0.3, 0.4) is 0 Å². The molecule has 1 saturated carbocycles. The van der Waals surface area contributed by atoms with Crippen LogP contribution in [0.15, 0.2) is 60.8 Å². The molecule has 0 saturated heterocycles. The van der Waals surface area contributed by atoms with Gasteiger partial charge in [0.25, 0.3) is 0 Å². The quantitative estimate of drug-likeness (QED) is 0.0172. The lowest BCUT2D eigenvalue weighted by molar-refractivity contribution is -0.161. The number of phosphoric ester groups is 1. The molecule has 0 amide bonds. The van der Waals surface area contributed by atoms with E-state index >= 15 is 0 Å². The Hall–Kier alpha value is -2.74. The Balaban J connectivity index is 2.45. The average molecular weight is 869 g/mol. The molecule has 1 fully saturated rings. The first-order chi connectivity index (χ1) is 28.9. The number of carbonyl (C=O) groups is 3. The highest BCUT2D eigenvalue weighted by Gasteiger charge is 2.39. The number of rotatable bonds is 37.